The highest BCUT2D eigenvalue weighted by atomic mass is 16.6. The van der Waals surface area contributed by atoms with Crippen LogP contribution in [-0.2, 0) is 9.53 Å². The molecule has 1 heterocycles. The van der Waals surface area contributed by atoms with Gasteiger partial charge in [0, 0.05) is 12.5 Å². The van der Waals surface area contributed by atoms with Gasteiger partial charge in [0.05, 0.1) is 17.1 Å². The maximum atomic E-state index is 12.0. The van der Waals surface area contributed by atoms with E-state index in [4.69, 9.17) is 0 Å². The average Bonchev–Trinajstić information content (AvgIpc) is 2.74. The largest absolute Gasteiger partial charge is 0.465 e. The van der Waals surface area contributed by atoms with Crippen LogP contribution in [0.1, 0.15) is 16.8 Å². The number of hydrogen-bond acceptors (Lipinski definition) is 5. The van der Waals surface area contributed by atoms with Crippen molar-refractivity contribution in [1.82, 2.24) is 0 Å². The molecule has 1 aliphatic rings. The van der Waals surface area contributed by atoms with Crippen molar-refractivity contribution in [2.45, 2.75) is 6.42 Å². The number of ether oxygens (including phenoxy) is 1. The first-order chi connectivity index (χ1) is 8.11. The van der Waals surface area contributed by atoms with Crippen LogP contribution in [0.5, 0.6) is 0 Å². The smallest absolute Gasteiger partial charge is 0.316 e. The van der Waals surface area contributed by atoms with E-state index in [2.05, 4.69) is 4.74 Å². The van der Waals surface area contributed by atoms with Gasteiger partial charge in [0.2, 0.25) is 0 Å². The van der Waals surface area contributed by atoms with Crippen LogP contribution in [0.25, 0.3) is 0 Å². The topological polar surface area (TPSA) is 86.5 Å². The van der Waals surface area contributed by atoms with Crippen LogP contribution < -0.4 is 0 Å². The van der Waals surface area contributed by atoms with Gasteiger partial charge < -0.3 is 4.74 Å². The molecule has 0 N–H and O–H groups in total. The quantitative estimate of drug-likeness (QED) is 0.259. The zero-order valence-corrected chi connectivity index (χ0v) is 8.79. The summed E-state index contributed by atoms with van der Waals surface area (Å²) in [5.41, 5.74) is -0.321. The van der Waals surface area contributed by atoms with Crippen LogP contribution in [0, 0.1) is 16.0 Å². The summed E-state index contributed by atoms with van der Waals surface area (Å²) in [4.78, 5) is 33.4. The lowest BCUT2D eigenvalue weighted by Crippen LogP contribution is -2.20. The molecule has 1 aromatic carbocycles. The normalized spacial score (nSPS) is 18.8. The lowest BCUT2D eigenvalue weighted by atomic mass is 9.95. The van der Waals surface area contributed by atoms with Gasteiger partial charge in [-0.3, -0.25) is 19.7 Å². The number of ketones is 1. The van der Waals surface area contributed by atoms with E-state index < -0.39 is 22.6 Å². The fraction of sp³-hybridized carbons (Fsp3) is 0.273. The highest BCUT2D eigenvalue weighted by molar-refractivity contribution is 6.11. The van der Waals surface area contributed by atoms with Crippen LogP contribution in [0.3, 0.4) is 0 Å². The summed E-state index contributed by atoms with van der Waals surface area (Å²) in [6, 6.07) is 5.60. The highest BCUT2D eigenvalue weighted by Gasteiger charge is 2.36. The van der Waals surface area contributed by atoms with E-state index in [1.807, 2.05) is 0 Å². The molecule has 6 heteroatoms. The number of carbonyl (C=O) groups excluding carboxylic acids is 2. The number of Topliss-reactive ketones (excluding diaryl/α,β-unsaturated/α-hetero) is 1. The van der Waals surface area contributed by atoms with Crippen LogP contribution in [0.2, 0.25) is 0 Å². The number of nitro benzene ring substituents is 1. The minimum absolute atomic E-state index is 0.0404. The molecule has 0 radical (unpaired) electrons. The fourth-order valence-corrected chi connectivity index (χ4v) is 1.76. The maximum Gasteiger partial charge on any atom is 0.316 e. The van der Waals surface area contributed by atoms with E-state index in [-0.39, 0.29) is 24.3 Å². The number of benzene rings is 1. The molecule has 1 aromatic rings. The summed E-state index contributed by atoms with van der Waals surface area (Å²) < 4.78 is 4.68. The fourth-order valence-electron chi connectivity index (χ4n) is 1.76. The Labute approximate surface area is 96.3 Å². The number of nitrogens with zero attached hydrogens (tertiary/aromatic N) is 1. The van der Waals surface area contributed by atoms with Crippen molar-refractivity contribution in [3.63, 3.8) is 0 Å². The van der Waals surface area contributed by atoms with Gasteiger partial charge in [0.15, 0.2) is 5.78 Å². The zero-order chi connectivity index (χ0) is 12.4. The summed E-state index contributed by atoms with van der Waals surface area (Å²) in [6.07, 6.45) is 0.281. The Bertz CT molecular complexity index is 496. The van der Waals surface area contributed by atoms with Crippen LogP contribution in [-0.4, -0.2) is 23.3 Å². The molecule has 0 unspecified atom stereocenters. The second kappa shape index (κ2) is 4.32. The Hall–Kier alpha value is -2.24. The number of para-hydroxylation sites is 1. The molecule has 2 rings (SSSR count). The molecule has 1 fully saturated rings. The molecule has 0 aromatic heterocycles. The third-order valence-electron chi connectivity index (χ3n) is 2.62. The van der Waals surface area contributed by atoms with Gasteiger partial charge in [0.25, 0.3) is 5.69 Å². The monoisotopic (exact) mass is 235 g/mol. The standard InChI is InChI=1S/C11H9NO5/c13-10(8-5-6-17-11(8)14)7-3-1-2-4-9(7)12(15)16/h1-4,8H,5-6H2/t8-/m0/s1. The van der Waals surface area contributed by atoms with Crippen molar-refractivity contribution in [1.29, 1.82) is 0 Å². The van der Waals surface area contributed by atoms with Crippen molar-refractivity contribution in [2.75, 3.05) is 6.61 Å². The summed E-state index contributed by atoms with van der Waals surface area (Å²) in [6.45, 7) is 0.190. The Morgan fingerprint density at radius 3 is 2.71 bits per heavy atom. The molecule has 0 bridgehead atoms. The van der Waals surface area contributed by atoms with E-state index in [9.17, 15) is 19.7 Å². The average molecular weight is 235 g/mol. The summed E-state index contributed by atoms with van der Waals surface area (Å²) in [5.74, 6) is -2.05. The molecule has 6 nitrogen and oxygen atoms in total. The molecule has 0 aliphatic carbocycles. The van der Waals surface area contributed by atoms with Crippen LogP contribution in [0.15, 0.2) is 24.3 Å². The van der Waals surface area contributed by atoms with E-state index >= 15 is 0 Å². The first kappa shape index (κ1) is 11.3. The van der Waals surface area contributed by atoms with E-state index in [0.29, 0.717) is 0 Å². The Balaban J connectivity index is 2.37. The first-order valence-electron chi connectivity index (χ1n) is 5.05. The lowest BCUT2D eigenvalue weighted by Gasteiger charge is -2.05. The second-order valence-corrected chi connectivity index (χ2v) is 3.65. The molecule has 1 atom stereocenters. The van der Waals surface area contributed by atoms with Gasteiger partial charge in [-0.2, -0.15) is 0 Å². The first-order valence-corrected chi connectivity index (χ1v) is 5.05. The Morgan fingerprint density at radius 1 is 1.41 bits per heavy atom. The lowest BCUT2D eigenvalue weighted by molar-refractivity contribution is -0.385. The van der Waals surface area contributed by atoms with Gasteiger partial charge >= 0.3 is 5.97 Å². The third kappa shape index (κ3) is 2.01. The molecule has 0 saturated carbocycles. The van der Waals surface area contributed by atoms with Crippen molar-refractivity contribution in [3.8, 4) is 0 Å². The molecule has 17 heavy (non-hydrogen) atoms. The molecule has 1 saturated heterocycles. The number of carbonyl (C=O) groups is 2. The van der Waals surface area contributed by atoms with E-state index in [1.54, 1.807) is 0 Å². The highest BCUT2D eigenvalue weighted by Crippen LogP contribution is 2.25. The predicted octanol–water partition coefficient (Wildman–Crippen LogP) is 1.34. The van der Waals surface area contributed by atoms with E-state index in [1.165, 1.54) is 24.3 Å². The Morgan fingerprint density at radius 2 is 2.12 bits per heavy atom. The molecule has 1 aliphatic heterocycles. The van der Waals surface area contributed by atoms with Crippen LogP contribution in [0.4, 0.5) is 5.69 Å². The zero-order valence-electron chi connectivity index (χ0n) is 8.79. The second-order valence-electron chi connectivity index (χ2n) is 3.65. The van der Waals surface area contributed by atoms with Crippen LogP contribution >= 0.6 is 0 Å². The van der Waals surface area contributed by atoms with Crippen molar-refractivity contribution >= 4 is 17.4 Å². The summed E-state index contributed by atoms with van der Waals surface area (Å²) in [7, 11) is 0. The molecule has 0 spiro atoms. The molecule has 0 amide bonds. The van der Waals surface area contributed by atoms with Gasteiger partial charge in [-0.25, -0.2) is 0 Å². The predicted molar refractivity (Wildman–Crippen MR) is 56.5 cm³/mol. The van der Waals surface area contributed by atoms with Crippen molar-refractivity contribution in [2.24, 2.45) is 5.92 Å². The minimum Gasteiger partial charge on any atom is -0.465 e. The van der Waals surface area contributed by atoms with Crippen molar-refractivity contribution in [3.05, 3.63) is 39.9 Å². The van der Waals surface area contributed by atoms with E-state index in [0.717, 1.165) is 0 Å². The summed E-state index contributed by atoms with van der Waals surface area (Å²) in [5, 5.41) is 10.8. The van der Waals surface area contributed by atoms with Gasteiger partial charge in [-0.05, 0) is 6.07 Å². The SMILES string of the molecule is O=C1OCC[C@H]1C(=O)c1ccccc1[N+](=O)[O-]. The number of nitro groups is 1. The Kier molecular flexibility index (Phi) is 2.86. The number of esters is 1. The van der Waals surface area contributed by atoms with Gasteiger partial charge in [0.1, 0.15) is 5.92 Å². The minimum atomic E-state index is -0.906. The molecular weight excluding hydrogens is 226 g/mol. The molecular formula is C11H9NO5. The summed E-state index contributed by atoms with van der Waals surface area (Å²) >= 11 is 0. The third-order valence-corrected chi connectivity index (χ3v) is 2.62. The van der Waals surface area contributed by atoms with Gasteiger partial charge in [-0.1, -0.05) is 12.1 Å². The molecule has 88 valence electrons. The number of cyclic esters (lactones) is 1. The number of rotatable bonds is 3. The maximum absolute atomic E-state index is 12.0. The van der Waals surface area contributed by atoms with Crippen molar-refractivity contribution < 1.29 is 19.2 Å². The number of hydrogen-bond donors (Lipinski definition) is 0. The van der Waals surface area contributed by atoms with Gasteiger partial charge in [-0.15, -0.1) is 0 Å².